The van der Waals surface area contributed by atoms with E-state index in [-0.39, 0.29) is 10.9 Å². The third kappa shape index (κ3) is 4.72. The van der Waals surface area contributed by atoms with Gasteiger partial charge in [0.1, 0.15) is 5.75 Å². The van der Waals surface area contributed by atoms with Gasteiger partial charge in [0, 0.05) is 25.7 Å². The highest BCUT2D eigenvalue weighted by Gasteiger charge is 2.25. The van der Waals surface area contributed by atoms with E-state index in [0.29, 0.717) is 19.8 Å². The number of hydrogen-bond donors (Lipinski definition) is 1. The van der Waals surface area contributed by atoms with E-state index >= 15 is 0 Å². The Kier molecular flexibility index (Phi) is 6.72. The monoisotopic (exact) mass is 404 g/mol. The van der Waals surface area contributed by atoms with Crippen LogP contribution in [0.4, 0.5) is 0 Å². The van der Waals surface area contributed by atoms with E-state index in [1.54, 1.807) is 19.2 Å². The lowest BCUT2D eigenvalue weighted by Gasteiger charge is -2.34. The van der Waals surface area contributed by atoms with Gasteiger partial charge in [-0.1, -0.05) is 30.3 Å². The van der Waals surface area contributed by atoms with Crippen LogP contribution in [0, 0.1) is 13.8 Å². The van der Waals surface area contributed by atoms with Gasteiger partial charge in [-0.3, -0.25) is 4.90 Å². The molecule has 1 heterocycles. The molecule has 1 N–H and O–H groups in total. The lowest BCUT2D eigenvalue weighted by Crippen LogP contribution is -2.43. The second kappa shape index (κ2) is 9.05. The number of nitrogens with one attached hydrogen (secondary N) is 1. The van der Waals surface area contributed by atoms with E-state index in [0.717, 1.165) is 35.5 Å². The molecule has 1 saturated heterocycles. The predicted molar refractivity (Wildman–Crippen MR) is 109 cm³/mol. The predicted octanol–water partition coefficient (Wildman–Crippen LogP) is 2.66. The van der Waals surface area contributed by atoms with Crippen molar-refractivity contribution < 1.29 is 17.9 Å². The second-order valence-corrected chi connectivity index (χ2v) is 8.78. The summed E-state index contributed by atoms with van der Waals surface area (Å²) in [6.45, 7) is 6.89. The van der Waals surface area contributed by atoms with Crippen LogP contribution in [0.25, 0.3) is 0 Å². The summed E-state index contributed by atoms with van der Waals surface area (Å²) in [5.41, 5.74) is 2.69. The molecule has 6 nitrogen and oxygen atoms in total. The van der Waals surface area contributed by atoms with Crippen molar-refractivity contribution >= 4 is 10.0 Å². The summed E-state index contributed by atoms with van der Waals surface area (Å²) < 4.78 is 39.5. The molecule has 1 aliphatic rings. The minimum atomic E-state index is -3.64. The molecule has 0 aliphatic carbocycles. The number of ether oxygens (including phenoxy) is 2. The molecule has 152 valence electrons. The first-order chi connectivity index (χ1) is 13.4. The first-order valence-corrected chi connectivity index (χ1v) is 10.9. The minimum Gasteiger partial charge on any atom is -0.496 e. The van der Waals surface area contributed by atoms with E-state index in [9.17, 15) is 8.42 Å². The molecule has 3 rings (SSSR count). The van der Waals surface area contributed by atoms with Crippen molar-refractivity contribution in [3.63, 3.8) is 0 Å². The zero-order chi connectivity index (χ0) is 20.1. The molecule has 28 heavy (non-hydrogen) atoms. The van der Waals surface area contributed by atoms with Gasteiger partial charge in [-0.2, -0.15) is 0 Å². The van der Waals surface area contributed by atoms with Gasteiger partial charge in [-0.25, -0.2) is 13.1 Å². The van der Waals surface area contributed by atoms with Crippen LogP contribution >= 0.6 is 0 Å². The molecule has 0 bridgehead atoms. The molecule has 1 fully saturated rings. The molecule has 2 aromatic carbocycles. The minimum absolute atomic E-state index is 0.0414. The van der Waals surface area contributed by atoms with Gasteiger partial charge in [0.25, 0.3) is 0 Å². The first kappa shape index (κ1) is 20.8. The highest BCUT2D eigenvalue weighted by Crippen LogP contribution is 2.27. The molecule has 2 aromatic rings. The molecule has 1 atom stereocenters. The molecule has 0 amide bonds. The summed E-state index contributed by atoms with van der Waals surface area (Å²) in [4.78, 5) is 2.53. The zero-order valence-corrected chi connectivity index (χ0v) is 17.5. The number of nitrogens with zero attached hydrogens (tertiary/aromatic N) is 1. The van der Waals surface area contributed by atoms with Gasteiger partial charge in [-0.15, -0.1) is 0 Å². The third-order valence-corrected chi connectivity index (χ3v) is 6.49. The summed E-state index contributed by atoms with van der Waals surface area (Å²) >= 11 is 0. The van der Waals surface area contributed by atoms with E-state index < -0.39 is 10.0 Å². The normalized spacial score (nSPS) is 16.7. The van der Waals surface area contributed by atoms with Crippen molar-refractivity contribution in [3.05, 3.63) is 59.2 Å². The lowest BCUT2D eigenvalue weighted by molar-refractivity contribution is 0.0172. The van der Waals surface area contributed by atoms with Crippen LogP contribution in [0.2, 0.25) is 0 Å². The van der Waals surface area contributed by atoms with Crippen LogP contribution in [-0.2, 0) is 14.8 Å². The summed E-state index contributed by atoms with van der Waals surface area (Å²) in [5.74, 6) is 0.717. The molecule has 7 heteroatoms. The lowest BCUT2D eigenvalue weighted by atomic mass is 10.1. The summed E-state index contributed by atoms with van der Waals surface area (Å²) in [7, 11) is -2.04. The fraction of sp³-hybridized carbons (Fsp3) is 0.429. The Morgan fingerprint density at radius 3 is 2.29 bits per heavy atom. The molecule has 1 unspecified atom stereocenters. The molecule has 1 aliphatic heterocycles. The van der Waals surface area contributed by atoms with Gasteiger partial charge in [0.2, 0.25) is 10.0 Å². The summed E-state index contributed by atoms with van der Waals surface area (Å²) in [6, 6.07) is 13.3. The van der Waals surface area contributed by atoms with Crippen LogP contribution in [0.1, 0.15) is 22.7 Å². The molecule has 0 aromatic heterocycles. The molecular weight excluding hydrogens is 376 g/mol. The van der Waals surface area contributed by atoms with Gasteiger partial charge >= 0.3 is 0 Å². The quantitative estimate of drug-likeness (QED) is 0.768. The number of rotatable bonds is 7. The van der Waals surface area contributed by atoms with Gasteiger partial charge in [0.05, 0.1) is 25.2 Å². The van der Waals surface area contributed by atoms with Crippen LogP contribution in [0.15, 0.2) is 47.4 Å². The number of benzene rings is 2. The van der Waals surface area contributed by atoms with Gasteiger partial charge in [0.15, 0.2) is 0 Å². The third-order valence-electron chi connectivity index (χ3n) is 5.09. The van der Waals surface area contributed by atoms with Crippen LogP contribution < -0.4 is 9.46 Å². The summed E-state index contributed by atoms with van der Waals surface area (Å²) in [5, 5.41) is 0. The maximum atomic E-state index is 13.0. The number of morpholine rings is 1. The number of hydrogen-bond acceptors (Lipinski definition) is 5. The zero-order valence-electron chi connectivity index (χ0n) is 16.6. The maximum absolute atomic E-state index is 13.0. The van der Waals surface area contributed by atoms with Crippen molar-refractivity contribution in [3.8, 4) is 5.75 Å². The Balaban J connectivity index is 1.82. The fourth-order valence-electron chi connectivity index (χ4n) is 3.68. The Hall–Kier alpha value is -1.93. The molecule has 0 saturated carbocycles. The highest BCUT2D eigenvalue weighted by molar-refractivity contribution is 7.89. The molecule has 0 radical (unpaired) electrons. The van der Waals surface area contributed by atoms with Crippen LogP contribution in [-0.4, -0.2) is 53.3 Å². The second-order valence-electron chi connectivity index (χ2n) is 7.02. The number of methoxy groups -OCH3 is 1. The van der Waals surface area contributed by atoms with Crippen molar-refractivity contribution in [1.82, 2.24) is 9.62 Å². The Morgan fingerprint density at radius 2 is 1.71 bits per heavy atom. The highest BCUT2D eigenvalue weighted by atomic mass is 32.2. The van der Waals surface area contributed by atoms with Crippen molar-refractivity contribution in [2.45, 2.75) is 24.8 Å². The van der Waals surface area contributed by atoms with E-state index in [2.05, 4.69) is 9.62 Å². The maximum Gasteiger partial charge on any atom is 0.240 e. The Bertz CT molecular complexity index is 871. The average molecular weight is 405 g/mol. The van der Waals surface area contributed by atoms with Crippen LogP contribution in [0.3, 0.4) is 0 Å². The van der Waals surface area contributed by atoms with E-state index in [1.165, 1.54) is 0 Å². The Labute approximate surface area is 167 Å². The van der Waals surface area contributed by atoms with Gasteiger partial charge < -0.3 is 9.47 Å². The SMILES string of the molecule is COc1c(C)cc(S(=O)(=O)NCC(c2ccccc2)N2CCOCC2)cc1C. The largest absolute Gasteiger partial charge is 0.496 e. The Morgan fingerprint density at radius 1 is 1.11 bits per heavy atom. The standard InChI is InChI=1S/C21H28N2O4S/c1-16-13-19(14-17(2)21(16)26-3)28(24,25)22-15-20(18-7-5-4-6-8-18)23-9-11-27-12-10-23/h4-8,13-14,20,22H,9-12,15H2,1-3H3. The molecular formula is C21H28N2O4S. The van der Waals surface area contributed by atoms with Crippen LogP contribution in [0.5, 0.6) is 5.75 Å². The van der Waals surface area contributed by atoms with Crippen molar-refractivity contribution in [1.29, 1.82) is 0 Å². The summed E-state index contributed by atoms with van der Waals surface area (Å²) in [6.07, 6.45) is 0. The van der Waals surface area contributed by atoms with Gasteiger partial charge in [-0.05, 0) is 42.7 Å². The van der Waals surface area contributed by atoms with Crippen molar-refractivity contribution in [2.24, 2.45) is 0 Å². The van der Waals surface area contributed by atoms with E-state index in [4.69, 9.17) is 9.47 Å². The topological polar surface area (TPSA) is 67.9 Å². The molecule has 0 spiro atoms. The first-order valence-electron chi connectivity index (χ1n) is 9.44. The van der Waals surface area contributed by atoms with E-state index in [1.807, 2.05) is 44.2 Å². The fourth-order valence-corrected chi connectivity index (χ4v) is 4.89. The number of aryl methyl sites for hydroxylation is 2. The number of sulfonamides is 1. The average Bonchev–Trinajstić information content (AvgIpc) is 2.69. The smallest absolute Gasteiger partial charge is 0.240 e. The van der Waals surface area contributed by atoms with Crippen molar-refractivity contribution in [2.75, 3.05) is 40.0 Å².